The van der Waals surface area contributed by atoms with Crippen LogP contribution in [0.3, 0.4) is 0 Å². The number of nitrogens with one attached hydrogen (secondary N) is 1. The Kier molecular flexibility index (Phi) is 4.73. The van der Waals surface area contributed by atoms with Crippen molar-refractivity contribution in [1.29, 1.82) is 0 Å². The van der Waals surface area contributed by atoms with Crippen LogP contribution >= 0.6 is 11.3 Å². The topological polar surface area (TPSA) is 54.9 Å². The van der Waals surface area contributed by atoms with Crippen LogP contribution in [0.25, 0.3) is 10.6 Å². The van der Waals surface area contributed by atoms with Crippen molar-refractivity contribution in [2.45, 2.75) is 12.8 Å². The van der Waals surface area contributed by atoms with Gasteiger partial charge in [-0.2, -0.15) is 0 Å². The predicted octanol–water partition coefficient (Wildman–Crippen LogP) is 3.92. The highest BCUT2D eigenvalue weighted by Gasteiger charge is 2.09. The number of amides is 1. The summed E-state index contributed by atoms with van der Waals surface area (Å²) in [7, 11) is 0. The van der Waals surface area contributed by atoms with E-state index in [1.807, 2.05) is 30.3 Å². The van der Waals surface area contributed by atoms with Gasteiger partial charge in [0.25, 0.3) is 0 Å². The van der Waals surface area contributed by atoms with Crippen LogP contribution in [0.15, 0.2) is 54.6 Å². The molecular formula is C17H14FN3OS. The normalized spacial score (nSPS) is 10.5. The van der Waals surface area contributed by atoms with Crippen LogP contribution in [-0.2, 0) is 11.2 Å². The van der Waals surface area contributed by atoms with E-state index < -0.39 is 0 Å². The summed E-state index contributed by atoms with van der Waals surface area (Å²) in [4.78, 5) is 12.0. The van der Waals surface area contributed by atoms with Gasteiger partial charge in [-0.05, 0) is 24.1 Å². The summed E-state index contributed by atoms with van der Waals surface area (Å²) < 4.78 is 13.1. The van der Waals surface area contributed by atoms with Crippen molar-refractivity contribution in [3.05, 3.63) is 66.0 Å². The second-order valence-corrected chi connectivity index (χ2v) is 5.93. The smallest absolute Gasteiger partial charge is 0.226 e. The van der Waals surface area contributed by atoms with Gasteiger partial charge in [0, 0.05) is 12.0 Å². The van der Waals surface area contributed by atoms with Gasteiger partial charge in [0.05, 0.1) is 0 Å². The summed E-state index contributed by atoms with van der Waals surface area (Å²) in [5.74, 6) is -0.454. The van der Waals surface area contributed by atoms with E-state index in [1.54, 1.807) is 12.1 Å². The van der Waals surface area contributed by atoms with E-state index in [1.165, 1.54) is 23.5 Å². The van der Waals surface area contributed by atoms with Gasteiger partial charge in [0.2, 0.25) is 11.0 Å². The SMILES string of the molecule is O=C(CCc1cccc(F)c1)Nc1nnc(-c2ccccc2)s1. The van der Waals surface area contributed by atoms with Crippen molar-refractivity contribution in [2.24, 2.45) is 0 Å². The average molecular weight is 327 g/mol. The Morgan fingerprint density at radius 1 is 1.09 bits per heavy atom. The fourth-order valence-corrected chi connectivity index (χ4v) is 2.87. The van der Waals surface area contributed by atoms with Gasteiger partial charge in [-0.15, -0.1) is 10.2 Å². The minimum absolute atomic E-state index is 0.162. The van der Waals surface area contributed by atoms with E-state index in [4.69, 9.17) is 0 Å². The second kappa shape index (κ2) is 7.11. The Morgan fingerprint density at radius 2 is 1.91 bits per heavy atom. The molecular weight excluding hydrogens is 313 g/mol. The Balaban J connectivity index is 1.57. The van der Waals surface area contributed by atoms with E-state index >= 15 is 0 Å². The fourth-order valence-electron chi connectivity index (χ4n) is 2.10. The van der Waals surface area contributed by atoms with Crippen molar-refractivity contribution in [3.8, 4) is 10.6 Å². The molecule has 4 nitrogen and oxygen atoms in total. The first-order valence-electron chi connectivity index (χ1n) is 7.14. The number of carbonyl (C=O) groups is 1. The fraction of sp³-hybridized carbons (Fsp3) is 0.118. The molecule has 0 fully saturated rings. The van der Waals surface area contributed by atoms with Crippen LogP contribution in [0.5, 0.6) is 0 Å². The monoisotopic (exact) mass is 327 g/mol. The molecule has 0 spiro atoms. The molecule has 6 heteroatoms. The lowest BCUT2D eigenvalue weighted by molar-refractivity contribution is -0.116. The molecule has 3 aromatic rings. The van der Waals surface area contributed by atoms with Crippen molar-refractivity contribution in [3.63, 3.8) is 0 Å². The Labute approximate surface area is 137 Å². The van der Waals surface area contributed by atoms with Crippen LogP contribution in [0.1, 0.15) is 12.0 Å². The molecule has 3 rings (SSSR count). The molecule has 0 saturated carbocycles. The molecule has 0 aliphatic rings. The lowest BCUT2D eigenvalue weighted by Gasteiger charge is -2.02. The third kappa shape index (κ3) is 4.20. The van der Waals surface area contributed by atoms with Crippen molar-refractivity contribution < 1.29 is 9.18 Å². The Hall–Kier alpha value is -2.60. The molecule has 0 bridgehead atoms. The number of aromatic nitrogens is 2. The van der Waals surface area contributed by atoms with Crippen molar-refractivity contribution >= 4 is 22.4 Å². The summed E-state index contributed by atoms with van der Waals surface area (Å²) in [6.07, 6.45) is 0.748. The molecule has 0 radical (unpaired) electrons. The van der Waals surface area contributed by atoms with E-state index in [-0.39, 0.29) is 18.1 Å². The maximum Gasteiger partial charge on any atom is 0.226 e. The van der Waals surface area contributed by atoms with Crippen LogP contribution < -0.4 is 5.32 Å². The van der Waals surface area contributed by atoms with E-state index in [2.05, 4.69) is 15.5 Å². The molecule has 116 valence electrons. The van der Waals surface area contributed by atoms with Gasteiger partial charge in [-0.25, -0.2) is 4.39 Å². The largest absolute Gasteiger partial charge is 0.301 e. The molecule has 0 aliphatic carbocycles. The van der Waals surface area contributed by atoms with Gasteiger partial charge < -0.3 is 5.32 Å². The first-order chi connectivity index (χ1) is 11.2. The third-order valence-corrected chi connectivity index (χ3v) is 4.11. The van der Waals surface area contributed by atoms with Crippen LogP contribution in [0.4, 0.5) is 9.52 Å². The van der Waals surface area contributed by atoms with E-state index in [0.717, 1.165) is 16.1 Å². The summed E-state index contributed by atoms with van der Waals surface area (Å²) in [5.41, 5.74) is 1.76. The summed E-state index contributed by atoms with van der Waals surface area (Å²) in [6, 6.07) is 15.9. The number of anilines is 1. The number of rotatable bonds is 5. The average Bonchev–Trinajstić information content (AvgIpc) is 3.02. The molecule has 2 aromatic carbocycles. The summed E-state index contributed by atoms with van der Waals surface area (Å²) in [5, 5.41) is 12.0. The number of nitrogens with zero attached hydrogens (tertiary/aromatic N) is 2. The third-order valence-electron chi connectivity index (χ3n) is 3.22. The lowest BCUT2D eigenvalue weighted by atomic mass is 10.1. The molecule has 0 unspecified atom stereocenters. The van der Waals surface area contributed by atoms with Gasteiger partial charge in [-0.3, -0.25) is 4.79 Å². The molecule has 0 saturated heterocycles. The zero-order valence-electron chi connectivity index (χ0n) is 12.2. The standard InChI is InChI=1S/C17H14FN3OS/c18-14-8-4-5-12(11-14)9-10-15(22)19-17-21-20-16(23-17)13-6-2-1-3-7-13/h1-8,11H,9-10H2,(H,19,21,22). The highest BCUT2D eigenvalue weighted by Crippen LogP contribution is 2.25. The van der Waals surface area contributed by atoms with Crippen LogP contribution in [0, 0.1) is 5.82 Å². The van der Waals surface area contributed by atoms with Gasteiger partial charge >= 0.3 is 0 Å². The van der Waals surface area contributed by atoms with Gasteiger partial charge in [0.1, 0.15) is 10.8 Å². The lowest BCUT2D eigenvalue weighted by Crippen LogP contribution is -2.12. The van der Waals surface area contributed by atoms with Crippen molar-refractivity contribution in [1.82, 2.24) is 10.2 Å². The maximum absolute atomic E-state index is 13.1. The molecule has 1 heterocycles. The highest BCUT2D eigenvalue weighted by molar-refractivity contribution is 7.18. The molecule has 0 atom stereocenters. The number of carbonyl (C=O) groups excluding carboxylic acids is 1. The first kappa shape index (κ1) is 15.3. The molecule has 0 aliphatic heterocycles. The number of hydrogen-bond acceptors (Lipinski definition) is 4. The predicted molar refractivity (Wildman–Crippen MR) is 88.7 cm³/mol. The molecule has 1 amide bonds. The minimum atomic E-state index is -0.292. The van der Waals surface area contributed by atoms with Gasteiger partial charge in [0.15, 0.2) is 0 Å². The highest BCUT2D eigenvalue weighted by atomic mass is 32.1. The van der Waals surface area contributed by atoms with Crippen LogP contribution in [0.2, 0.25) is 0 Å². The quantitative estimate of drug-likeness (QED) is 0.773. The van der Waals surface area contributed by atoms with Gasteiger partial charge in [-0.1, -0.05) is 53.8 Å². The van der Waals surface area contributed by atoms with Crippen molar-refractivity contribution in [2.75, 3.05) is 5.32 Å². The summed E-state index contributed by atoms with van der Waals surface area (Å²) >= 11 is 1.32. The van der Waals surface area contributed by atoms with E-state index in [9.17, 15) is 9.18 Å². The zero-order valence-corrected chi connectivity index (χ0v) is 13.0. The number of aryl methyl sites for hydroxylation is 1. The Bertz CT molecular complexity index is 804. The molecule has 23 heavy (non-hydrogen) atoms. The molecule has 1 aromatic heterocycles. The number of benzene rings is 2. The second-order valence-electron chi connectivity index (χ2n) is 4.96. The maximum atomic E-state index is 13.1. The zero-order chi connectivity index (χ0) is 16.1. The number of halogens is 1. The Morgan fingerprint density at radius 3 is 2.70 bits per heavy atom. The minimum Gasteiger partial charge on any atom is -0.301 e. The summed E-state index contributed by atoms with van der Waals surface area (Å²) in [6.45, 7) is 0. The number of hydrogen-bond donors (Lipinski definition) is 1. The molecule has 1 N–H and O–H groups in total. The first-order valence-corrected chi connectivity index (χ1v) is 7.95. The van der Waals surface area contributed by atoms with Crippen LogP contribution in [-0.4, -0.2) is 16.1 Å². The van der Waals surface area contributed by atoms with E-state index in [0.29, 0.717) is 11.6 Å².